The lowest BCUT2D eigenvalue weighted by Crippen LogP contribution is -2.44. The predicted octanol–water partition coefficient (Wildman–Crippen LogP) is 2.73. The highest BCUT2D eigenvalue weighted by Crippen LogP contribution is 2.27. The molecule has 1 aliphatic rings. The van der Waals surface area contributed by atoms with Gasteiger partial charge in [0.15, 0.2) is 0 Å². The Balaban J connectivity index is 2.27. The summed E-state index contributed by atoms with van der Waals surface area (Å²) in [5.41, 5.74) is 1.25. The third-order valence-electron chi connectivity index (χ3n) is 3.91. The maximum Gasteiger partial charge on any atom is 0.0451 e. The molecule has 2 atom stereocenters. The van der Waals surface area contributed by atoms with E-state index in [1.54, 1.807) is 0 Å². The molecule has 0 spiro atoms. The third-order valence-corrected chi connectivity index (χ3v) is 4.44. The van der Waals surface area contributed by atoms with Crippen LogP contribution >= 0.6 is 15.9 Å². The van der Waals surface area contributed by atoms with E-state index in [-0.39, 0.29) is 6.61 Å². The molecule has 0 bridgehead atoms. The van der Waals surface area contributed by atoms with E-state index < -0.39 is 0 Å². The summed E-state index contributed by atoms with van der Waals surface area (Å²) in [6.07, 6.45) is 1.99. The molecule has 1 aromatic carbocycles. The topological polar surface area (TPSA) is 26.7 Å². The molecule has 1 heterocycles. The number of hydrogen-bond donors (Lipinski definition) is 1. The van der Waals surface area contributed by atoms with E-state index in [4.69, 9.17) is 0 Å². The van der Waals surface area contributed by atoms with Crippen LogP contribution in [-0.2, 0) is 0 Å². The average Bonchev–Trinajstić information content (AvgIpc) is 2.51. The molecule has 1 fully saturated rings. The zero-order chi connectivity index (χ0) is 13.8. The van der Waals surface area contributed by atoms with Crippen molar-refractivity contribution in [3.05, 3.63) is 28.7 Å². The monoisotopic (exact) mass is 326 g/mol. The highest BCUT2D eigenvalue weighted by molar-refractivity contribution is 9.10. The lowest BCUT2D eigenvalue weighted by atomic mass is 10.1. The normalized spacial score (nSPS) is 25.4. The Hall–Kier alpha value is -0.580. The molecule has 0 aromatic heterocycles. The van der Waals surface area contributed by atoms with Crippen LogP contribution in [0.5, 0.6) is 0 Å². The summed E-state index contributed by atoms with van der Waals surface area (Å²) in [6, 6.07) is 9.39. The molecule has 19 heavy (non-hydrogen) atoms. The van der Waals surface area contributed by atoms with Gasteiger partial charge in [-0.15, -0.1) is 0 Å². The second-order valence-electron chi connectivity index (χ2n) is 5.45. The minimum atomic E-state index is 0.248. The Kier molecular flexibility index (Phi) is 5.25. The number of benzene rings is 1. The van der Waals surface area contributed by atoms with Crippen molar-refractivity contribution < 1.29 is 5.11 Å². The van der Waals surface area contributed by atoms with Crippen LogP contribution in [0.1, 0.15) is 19.8 Å². The van der Waals surface area contributed by atoms with Gasteiger partial charge in [0.1, 0.15) is 0 Å². The number of likely N-dealkylation sites (N-methyl/N-ethyl adjacent to an activating group) is 1. The van der Waals surface area contributed by atoms with Gasteiger partial charge in [-0.3, -0.25) is 0 Å². The van der Waals surface area contributed by atoms with E-state index in [0.717, 1.165) is 30.4 Å². The molecule has 4 heteroatoms. The molecule has 1 aliphatic heterocycles. The van der Waals surface area contributed by atoms with Crippen molar-refractivity contribution in [1.29, 1.82) is 0 Å². The van der Waals surface area contributed by atoms with Crippen molar-refractivity contribution in [2.24, 2.45) is 0 Å². The summed E-state index contributed by atoms with van der Waals surface area (Å²) in [4.78, 5) is 4.85. The van der Waals surface area contributed by atoms with Crippen molar-refractivity contribution in [3.63, 3.8) is 0 Å². The van der Waals surface area contributed by atoms with Gasteiger partial charge in [-0.25, -0.2) is 0 Å². The fraction of sp³-hybridized carbons (Fsp3) is 0.600. The summed E-state index contributed by atoms with van der Waals surface area (Å²) in [5, 5.41) is 9.34. The first-order valence-corrected chi connectivity index (χ1v) is 7.74. The standard InChI is InChI=1S/C15H23BrN2O/c1-12-7-9-17(2)11-15(8-10-19)18(12)14-5-3-13(16)4-6-14/h3-6,12,15,19H,7-11H2,1-2H3. The van der Waals surface area contributed by atoms with Crippen molar-refractivity contribution >= 4 is 21.6 Å². The SMILES string of the molecule is CC1CCN(C)CC(CCO)N1c1ccc(Br)cc1. The summed E-state index contributed by atoms with van der Waals surface area (Å²) in [5.74, 6) is 0. The second-order valence-corrected chi connectivity index (χ2v) is 6.37. The molecule has 1 aromatic rings. The van der Waals surface area contributed by atoms with E-state index in [0.29, 0.717) is 12.1 Å². The third kappa shape index (κ3) is 3.71. The minimum absolute atomic E-state index is 0.248. The van der Waals surface area contributed by atoms with E-state index in [2.05, 4.69) is 64.0 Å². The Morgan fingerprint density at radius 1 is 1.32 bits per heavy atom. The van der Waals surface area contributed by atoms with Crippen LogP contribution in [0.25, 0.3) is 0 Å². The Bertz CT molecular complexity index is 396. The van der Waals surface area contributed by atoms with Gasteiger partial charge < -0.3 is 14.9 Å². The van der Waals surface area contributed by atoms with E-state index in [1.807, 2.05) is 0 Å². The van der Waals surface area contributed by atoms with Crippen LogP contribution in [0.15, 0.2) is 28.7 Å². The molecule has 0 amide bonds. The molecular formula is C15H23BrN2O. The number of rotatable bonds is 3. The Morgan fingerprint density at radius 2 is 2.00 bits per heavy atom. The number of aliphatic hydroxyl groups is 1. The molecule has 1 saturated heterocycles. The Labute approximate surface area is 124 Å². The molecule has 1 N–H and O–H groups in total. The lowest BCUT2D eigenvalue weighted by Gasteiger charge is -2.37. The van der Waals surface area contributed by atoms with Gasteiger partial charge in [-0.1, -0.05) is 15.9 Å². The summed E-state index contributed by atoms with van der Waals surface area (Å²) in [6.45, 7) is 4.67. The van der Waals surface area contributed by atoms with Gasteiger partial charge in [0.25, 0.3) is 0 Å². The summed E-state index contributed by atoms with van der Waals surface area (Å²) >= 11 is 3.49. The van der Waals surface area contributed by atoms with Gasteiger partial charge in [0.05, 0.1) is 0 Å². The van der Waals surface area contributed by atoms with Crippen LogP contribution in [0.4, 0.5) is 5.69 Å². The van der Waals surface area contributed by atoms with E-state index in [1.165, 1.54) is 5.69 Å². The van der Waals surface area contributed by atoms with Crippen molar-refractivity contribution in [3.8, 4) is 0 Å². The van der Waals surface area contributed by atoms with Gasteiger partial charge in [-0.2, -0.15) is 0 Å². The highest BCUT2D eigenvalue weighted by atomic mass is 79.9. The van der Waals surface area contributed by atoms with Crippen molar-refractivity contribution in [1.82, 2.24) is 4.90 Å². The molecular weight excluding hydrogens is 304 g/mol. The number of hydrogen-bond acceptors (Lipinski definition) is 3. The molecule has 0 aliphatic carbocycles. The first kappa shape index (κ1) is 14.8. The van der Waals surface area contributed by atoms with Gasteiger partial charge in [0, 0.05) is 35.4 Å². The number of aliphatic hydroxyl groups excluding tert-OH is 1. The van der Waals surface area contributed by atoms with Crippen molar-refractivity contribution in [2.75, 3.05) is 31.6 Å². The van der Waals surface area contributed by atoms with E-state index in [9.17, 15) is 5.11 Å². The molecule has 0 radical (unpaired) electrons. The molecule has 2 rings (SSSR count). The van der Waals surface area contributed by atoms with Crippen LogP contribution < -0.4 is 4.90 Å². The molecule has 3 nitrogen and oxygen atoms in total. The second kappa shape index (κ2) is 6.73. The zero-order valence-electron chi connectivity index (χ0n) is 11.7. The van der Waals surface area contributed by atoms with Gasteiger partial charge >= 0.3 is 0 Å². The van der Waals surface area contributed by atoms with Crippen molar-refractivity contribution in [2.45, 2.75) is 31.8 Å². The summed E-state index contributed by atoms with van der Waals surface area (Å²) in [7, 11) is 2.17. The highest BCUT2D eigenvalue weighted by Gasteiger charge is 2.27. The largest absolute Gasteiger partial charge is 0.396 e. The van der Waals surface area contributed by atoms with Crippen LogP contribution in [0, 0.1) is 0 Å². The quantitative estimate of drug-likeness (QED) is 0.925. The predicted molar refractivity (Wildman–Crippen MR) is 83.7 cm³/mol. The first-order chi connectivity index (χ1) is 9.11. The summed E-state index contributed by atoms with van der Waals surface area (Å²) < 4.78 is 1.11. The fourth-order valence-corrected chi connectivity index (χ4v) is 3.17. The number of halogens is 1. The van der Waals surface area contributed by atoms with Gasteiger partial charge in [-0.05, 0) is 57.6 Å². The van der Waals surface area contributed by atoms with Gasteiger partial charge in [0.2, 0.25) is 0 Å². The molecule has 106 valence electrons. The molecule has 0 saturated carbocycles. The van der Waals surface area contributed by atoms with E-state index >= 15 is 0 Å². The zero-order valence-corrected chi connectivity index (χ0v) is 13.3. The van der Waals surface area contributed by atoms with Crippen LogP contribution in [0.3, 0.4) is 0 Å². The number of anilines is 1. The minimum Gasteiger partial charge on any atom is -0.396 e. The maximum atomic E-state index is 9.34. The first-order valence-electron chi connectivity index (χ1n) is 6.95. The maximum absolute atomic E-state index is 9.34. The fourth-order valence-electron chi connectivity index (χ4n) is 2.90. The molecule has 2 unspecified atom stereocenters. The number of nitrogens with zero attached hydrogens (tertiary/aromatic N) is 2. The Morgan fingerprint density at radius 3 is 2.63 bits per heavy atom. The average molecular weight is 327 g/mol. The smallest absolute Gasteiger partial charge is 0.0451 e. The van der Waals surface area contributed by atoms with Crippen LogP contribution in [-0.4, -0.2) is 48.8 Å². The lowest BCUT2D eigenvalue weighted by molar-refractivity contribution is 0.252. The van der Waals surface area contributed by atoms with Crippen LogP contribution in [0.2, 0.25) is 0 Å².